The molecule has 20 heavy (non-hydrogen) atoms. The summed E-state index contributed by atoms with van der Waals surface area (Å²) in [5.41, 5.74) is 1.55. The zero-order valence-corrected chi connectivity index (χ0v) is 10.8. The second kappa shape index (κ2) is 5.05. The van der Waals surface area contributed by atoms with Crippen molar-refractivity contribution in [2.75, 3.05) is 19.8 Å². The summed E-state index contributed by atoms with van der Waals surface area (Å²) < 4.78 is 12.9. The van der Waals surface area contributed by atoms with E-state index in [0.29, 0.717) is 36.8 Å². The number of carboxylic acid groups (broad SMARTS) is 1. The van der Waals surface area contributed by atoms with Crippen molar-refractivity contribution in [3.63, 3.8) is 0 Å². The van der Waals surface area contributed by atoms with E-state index in [1.165, 1.54) is 0 Å². The van der Waals surface area contributed by atoms with Crippen LogP contribution in [-0.2, 0) is 17.8 Å². The van der Waals surface area contributed by atoms with Crippen LogP contribution in [-0.4, -0.2) is 40.6 Å². The molecule has 0 radical (unpaired) electrons. The van der Waals surface area contributed by atoms with Gasteiger partial charge in [-0.3, -0.25) is 4.79 Å². The molecule has 106 valence electrons. The van der Waals surface area contributed by atoms with Crippen LogP contribution >= 0.6 is 0 Å². The average molecular weight is 277 g/mol. The molecule has 0 amide bonds. The van der Waals surface area contributed by atoms with Crippen molar-refractivity contribution in [1.82, 2.24) is 4.57 Å². The molecule has 1 aliphatic rings. The third-order valence-corrected chi connectivity index (χ3v) is 3.31. The smallest absolute Gasteiger partial charge is 0.307 e. The zero-order chi connectivity index (χ0) is 14.1. The van der Waals surface area contributed by atoms with Gasteiger partial charge in [0.2, 0.25) is 0 Å². The molecule has 1 aromatic carbocycles. The van der Waals surface area contributed by atoms with Gasteiger partial charge in [0, 0.05) is 24.2 Å². The van der Waals surface area contributed by atoms with Crippen LogP contribution < -0.4 is 9.47 Å². The minimum atomic E-state index is -0.886. The van der Waals surface area contributed by atoms with Crippen molar-refractivity contribution in [1.29, 1.82) is 0 Å². The predicted octanol–water partition coefficient (Wildman–Crippen LogP) is 1.03. The van der Waals surface area contributed by atoms with Crippen molar-refractivity contribution < 1.29 is 24.5 Å². The number of aliphatic hydroxyl groups excluding tert-OH is 1. The number of carboxylic acids is 1. The van der Waals surface area contributed by atoms with Gasteiger partial charge in [0.05, 0.1) is 18.5 Å². The SMILES string of the molecule is O=C(O)Cc1cn(CCO)c2cc3c(cc12)OCCO3. The first-order valence-corrected chi connectivity index (χ1v) is 6.43. The molecule has 2 N–H and O–H groups in total. The number of ether oxygens (including phenoxy) is 2. The molecule has 0 atom stereocenters. The number of rotatable bonds is 4. The molecular formula is C14H15NO5. The summed E-state index contributed by atoms with van der Waals surface area (Å²) in [6.45, 7) is 1.39. The Hall–Kier alpha value is -2.21. The fraction of sp³-hybridized carbons (Fsp3) is 0.357. The van der Waals surface area contributed by atoms with E-state index in [4.69, 9.17) is 19.7 Å². The highest BCUT2D eigenvalue weighted by molar-refractivity contribution is 5.90. The zero-order valence-electron chi connectivity index (χ0n) is 10.8. The first-order chi connectivity index (χ1) is 9.69. The Kier molecular flexibility index (Phi) is 3.23. The summed E-state index contributed by atoms with van der Waals surface area (Å²) >= 11 is 0. The lowest BCUT2D eigenvalue weighted by atomic mass is 10.1. The normalized spacial score (nSPS) is 13.7. The third kappa shape index (κ3) is 2.18. The highest BCUT2D eigenvalue weighted by atomic mass is 16.6. The maximum atomic E-state index is 11.0. The van der Waals surface area contributed by atoms with Gasteiger partial charge in [-0.25, -0.2) is 0 Å². The largest absolute Gasteiger partial charge is 0.486 e. The quantitative estimate of drug-likeness (QED) is 0.872. The number of benzene rings is 1. The van der Waals surface area contributed by atoms with Gasteiger partial charge in [-0.05, 0) is 11.6 Å². The fourth-order valence-corrected chi connectivity index (χ4v) is 2.50. The highest BCUT2D eigenvalue weighted by Gasteiger charge is 2.18. The number of hydrogen-bond acceptors (Lipinski definition) is 4. The summed E-state index contributed by atoms with van der Waals surface area (Å²) in [7, 11) is 0. The molecule has 2 heterocycles. The number of nitrogens with zero attached hydrogens (tertiary/aromatic N) is 1. The molecule has 0 fully saturated rings. The molecule has 2 aromatic rings. The van der Waals surface area contributed by atoms with Crippen LogP contribution in [0.4, 0.5) is 0 Å². The van der Waals surface area contributed by atoms with Gasteiger partial charge in [0.1, 0.15) is 13.2 Å². The van der Waals surface area contributed by atoms with Crippen LogP contribution in [0.3, 0.4) is 0 Å². The number of fused-ring (bicyclic) bond motifs is 2. The molecule has 1 aliphatic heterocycles. The van der Waals surface area contributed by atoms with Crippen LogP contribution in [0.1, 0.15) is 5.56 Å². The maximum Gasteiger partial charge on any atom is 0.307 e. The molecular weight excluding hydrogens is 262 g/mol. The summed E-state index contributed by atoms with van der Waals surface area (Å²) in [5, 5.41) is 18.9. The molecule has 0 saturated heterocycles. The van der Waals surface area contributed by atoms with Crippen LogP contribution in [0.2, 0.25) is 0 Å². The van der Waals surface area contributed by atoms with Crippen molar-refractivity contribution in [2.45, 2.75) is 13.0 Å². The van der Waals surface area contributed by atoms with E-state index in [2.05, 4.69) is 0 Å². The number of aromatic nitrogens is 1. The van der Waals surface area contributed by atoms with Crippen LogP contribution in [0.25, 0.3) is 10.9 Å². The van der Waals surface area contributed by atoms with E-state index in [0.717, 1.165) is 10.9 Å². The summed E-state index contributed by atoms with van der Waals surface area (Å²) in [5.74, 6) is 0.406. The summed E-state index contributed by atoms with van der Waals surface area (Å²) in [4.78, 5) is 11.0. The highest BCUT2D eigenvalue weighted by Crippen LogP contribution is 2.36. The van der Waals surface area contributed by atoms with Gasteiger partial charge in [-0.15, -0.1) is 0 Å². The Bertz CT molecular complexity index is 661. The Morgan fingerprint density at radius 2 is 1.95 bits per heavy atom. The lowest BCUT2D eigenvalue weighted by Crippen LogP contribution is -2.15. The third-order valence-electron chi connectivity index (χ3n) is 3.31. The van der Waals surface area contributed by atoms with Crippen molar-refractivity contribution in [3.8, 4) is 11.5 Å². The van der Waals surface area contributed by atoms with Gasteiger partial charge in [0.15, 0.2) is 11.5 Å². The molecule has 0 saturated carbocycles. The van der Waals surface area contributed by atoms with E-state index < -0.39 is 5.97 Å². The Labute approximate surface area is 115 Å². The molecule has 6 heteroatoms. The number of carbonyl (C=O) groups is 1. The topological polar surface area (TPSA) is 80.9 Å². The lowest BCUT2D eigenvalue weighted by molar-refractivity contribution is -0.136. The average Bonchev–Trinajstić information content (AvgIpc) is 2.74. The minimum absolute atomic E-state index is 0.00919. The van der Waals surface area contributed by atoms with Crippen LogP contribution in [0, 0.1) is 0 Å². The second-order valence-corrected chi connectivity index (χ2v) is 4.65. The van der Waals surface area contributed by atoms with Crippen molar-refractivity contribution in [2.24, 2.45) is 0 Å². The molecule has 3 rings (SSSR count). The molecule has 0 unspecified atom stereocenters. The van der Waals surface area contributed by atoms with E-state index >= 15 is 0 Å². The Morgan fingerprint density at radius 3 is 2.60 bits per heavy atom. The van der Waals surface area contributed by atoms with E-state index in [-0.39, 0.29) is 13.0 Å². The Morgan fingerprint density at radius 1 is 1.25 bits per heavy atom. The van der Waals surface area contributed by atoms with Gasteiger partial charge < -0.3 is 24.3 Å². The van der Waals surface area contributed by atoms with Crippen molar-refractivity contribution >= 4 is 16.9 Å². The monoisotopic (exact) mass is 277 g/mol. The molecule has 0 spiro atoms. The second-order valence-electron chi connectivity index (χ2n) is 4.65. The molecule has 0 bridgehead atoms. The molecule has 0 aliphatic carbocycles. The van der Waals surface area contributed by atoms with Crippen LogP contribution in [0.5, 0.6) is 11.5 Å². The Balaban J connectivity index is 2.16. The van der Waals surface area contributed by atoms with Crippen LogP contribution in [0.15, 0.2) is 18.3 Å². The van der Waals surface area contributed by atoms with E-state index in [9.17, 15) is 4.79 Å². The van der Waals surface area contributed by atoms with E-state index in [1.807, 2.05) is 16.7 Å². The number of aliphatic hydroxyl groups is 1. The predicted molar refractivity (Wildman–Crippen MR) is 71.4 cm³/mol. The first-order valence-electron chi connectivity index (χ1n) is 6.43. The lowest BCUT2D eigenvalue weighted by Gasteiger charge is -2.18. The van der Waals surface area contributed by atoms with Gasteiger partial charge >= 0.3 is 5.97 Å². The van der Waals surface area contributed by atoms with Gasteiger partial charge in [-0.2, -0.15) is 0 Å². The summed E-state index contributed by atoms with van der Waals surface area (Å²) in [6.07, 6.45) is 1.70. The number of aliphatic carboxylic acids is 1. The summed E-state index contributed by atoms with van der Waals surface area (Å²) in [6, 6.07) is 3.65. The van der Waals surface area contributed by atoms with Gasteiger partial charge in [-0.1, -0.05) is 0 Å². The number of hydrogen-bond donors (Lipinski definition) is 2. The maximum absolute atomic E-state index is 11.0. The van der Waals surface area contributed by atoms with Gasteiger partial charge in [0.25, 0.3) is 0 Å². The molecule has 1 aromatic heterocycles. The molecule has 6 nitrogen and oxygen atoms in total. The van der Waals surface area contributed by atoms with E-state index in [1.54, 1.807) is 6.20 Å². The van der Waals surface area contributed by atoms with Crippen molar-refractivity contribution in [3.05, 3.63) is 23.9 Å². The fourth-order valence-electron chi connectivity index (χ4n) is 2.50. The first kappa shape index (κ1) is 12.8. The minimum Gasteiger partial charge on any atom is -0.486 e. The standard InChI is InChI=1S/C14H15NO5/c16-2-1-15-8-9(5-14(17)18)10-6-12-13(7-11(10)15)20-4-3-19-12/h6-8,16H,1-5H2,(H,17,18).